The molecule has 1 aliphatic rings. The molecule has 1 unspecified atom stereocenters. The minimum atomic E-state index is 0.281. The lowest BCUT2D eigenvalue weighted by Gasteiger charge is -2.18. The van der Waals surface area contributed by atoms with Gasteiger partial charge in [-0.15, -0.1) is 0 Å². The highest BCUT2D eigenvalue weighted by molar-refractivity contribution is 9.10. The summed E-state index contributed by atoms with van der Waals surface area (Å²) in [6.45, 7) is 3.13. The molecule has 106 valence electrons. The van der Waals surface area contributed by atoms with Gasteiger partial charge >= 0.3 is 0 Å². The molecule has 1 atom stereocenters. The van der Waals surface area contributed by atoms with Crippen LogP contribution in [0.5, 0.6) is 11.5 Å². The van der Waals surface area contributed by atoms with Crippen LogP contribution >= 0.6 is 15.9 Å². The van der Waals surface area contributed by atoms with Crippen LogP contribution in [-0.2, 0) is 6.54 Å². The largest absolute Gasteiger partial charge is 0.493 e. The van der Waals surface area contributed by atoms with Crippen LogP contribution in [0.2, 0.25) is 0 Å². The van der Waals surface area contributed by atoms with Gasteiger partial charge in [-0.05, 0) is 46.4 Å². The first kappa shape index (κ1) is 14.6. The Labute approximate surface area is 122 Å². The number of hydrogen-bond donors (Lipinski definition) is 1. The first-order valence-electron chi connectivity index (χ1n) is 6.42. The average molecular weight is 330 g/mol. The minimum absolute atomic E-state index is 0.281. The third-order valence-corrected chi connectivity index (χ3v) is 4.46. The number of ether oxygens (including phenoxy) is 2. The standard InChI is InChI=1S/C14H20BrNO3/c1-18-12-4-3-11(13(15)14(12)19-2)8-16-6-5-10(7-16)9-17/h3-4,10,17H,5-9H2,1-2H3. The van der Waals surface area contributed by atoms with E-state index in [0.717, 1.165) is 42.0 Å². The van der Waals surface area contributed by atoms with Gasteiger partial charge in [-0.25, -0.2) is 0 Å². The molecule has 4 nitrogen and oxygen atoms in total. The molecule has 1 aliphatic heterocycles. The maximum Gasteiger partial charge on any atom is 0.175 e. The Bertz CT molecular complexity index is 439. The highest BCUT2D eigenvalue weighted by atomic mass is 79.9. The molecule has 1 aromatic rings. The average Bonchev–Trinajstić information content (AvgIpc) is 2.88. The summed E-state index contributed by atoms with van der Waals surface area (Å²) in [5.74, 6) is 1.88. The summed E-state index contributed by atoms with van der Waals surface area (Å²) < 4.78 is 11.6. The smallest absolute Gasteiger partial charge is 0.175 e. The number of benzene rings is 1. The van der Waals surface area contributed by atoms with Gasteiger partial charge in [0.05, 0.1) is 18.7 Å². The third-order valence-electron chi connectivity index (χ3n) is 3.59. The van der Waals surface area contributed by atoms with Gasteiger partial charge in [0, 0.05) is 19.7 Å². The number of halogens is 1. The summed E-state index contributed by atoms with van der Waals surface area (Å²) in [6, 6.07) is 3.98. The van der Waals surface area contributed by atoms with E-state index in [1.54, 1.807) is 14.2 Å². The molecule has 0 saturated carbocycles. The van der Waals surface area contributed by atoms with Crippen molar-refractivity contribution in [3.63, 3.8) is 0 Å². The Balaban J connectivity index is 2.13. The second-order valence-electron chi connectivity index (χ2n) is 4.85. The van der Waals surface area contributed by atoms with Crippen molar-refractivity contribution in [2.75, 3.05) is 33.9 Å². The maximum atomic E-state index is 9.18. The van der Waals surface area contributed by atoms with E-state index < -0.39 is 0 Å². The van der Waals surface area contributed by atoms with Crippen molar-refractivity contribution in [1.29, 1.82) is 0 Å². The van der Waals surface area contributed by atoms with Crippen LogP contribution in [0.3, 0.4) is 0 Å². The number of likely N-dealkylation sites (tertiary alicyclic amines) is 1. The molecule has 1 aromatic carbocycles. The molecule has 2 rings (SSSR count). The predicted molar refractivity (Wildman–Crippen MR) is 77.7 cm³/mol. The van der Waals surface area contributed by atoms with Gasteiger partial charge in [-0.2, -0.15) is 0 Å². The van der Waals surface area contributed by atoms with E-state index in [2.05, 4.69) is 26.9 Å². The van der Waals surface area contributed by atoms with Crippen LogP contribution in [0, 0.1) is 5.92 Å². The molecule has 0 spiro atoms. The Morgan fingerprint density at radius 3 is 2.74 bits per heavy atom. The highest BCUT2D eigenvalue weighted by Crippen LogP contribution is 2.38. The highest BCUT2D eigenvalue weighted by Gasteiger charge is 2.23. The van der Waals surface area contributed by atoms with E-state index in [9.17, 15) is 5.11 Å². The summed E-state index contributed by atoms with van der Waals surface area (Å²) >= 11 is 3.59. The summed E-state index contributed by atoms with van der Waals surface area (Å²) in [4.78, 5) is 2.35. The van der Waals surface area contributed by atoms with Crippen molar-refractivity contribution in [2.24, 2.45) is 5.92 Å². The van der Waals surface area contributed by atoms with Crippen LogP contribution in [-0.4, -0.2) is 43.9 Å². The van der Waals surface area contributed by atoms with Crippen molar-refractivity contribution in [2.45, 2.75) is 13.0 Å². The second-order valence-corrected chi connectivity index (χ2v) is 5.64. The van der Waals surface area contributed by atoms with Crippen LogP contribution in [0.25, 0.3) is 0 Å². The van der Waals surface area contributed by atoms with Gasteiger partial charge in [-0.1, -0.05) is 6.07 Å². The van der Waals surface area contributed by atoms with Crippen molar-refractivity contribution in [3.05, 3.63) is 22.2 Å². The molecular formula is C14H20BrNO3. The first-order chi connectivity index (χ1) is 9.19. The Hall–Kier alpha value is -0.780. The summed E-state index contributed by atoms with van der Waals surface area (Å²) in [5, 5.41) is 9.18. The van der Waals surface area contributed by atoms with Crippen molar-refractivity contribution in [3.8, 4) is 11.5 Å². The zero-order valence-electron chi connectivity index (χ0n) is 11.4. The van der Waals surface area contributed by atoms with Gasteiger partial charge in [0.15, 0.2) is 11.5 Å². The maximum absolute atomic E-state index is 9.18. The minimum Gasteiger partial charge on any atom is -0.493 e. The number of methoxy groups -OCH3 is 2. The van der Waals surface area contributed by atoms with E-state index in [4.69, 9.17) is 9.47 Å². The van der Waals surface area contributed by atoms with E-state index >= 15 is 0 Å². The van der Waals surface area contributed by atoms with Crippen LogP contribution in [0.15, 0.2) is 16.6 Å². The molecule has 19 heavy (non-hydrogen) atoms. The molecule has 0 amide bonds. The van der Waals surface area contributed by atoms with E-state index in [1.165, 1.54) is 5.56 Å². The zero-order chi connectivity index (χ0) is 13.8. The van der Waals surface area contributed by atoms with Crippen LogP contribution < -0.4 is 9.47 Å². The molecule has 0 radical (unpaired) electrons. The molecule has 1 fully saturated rings. The molecule has 1 N–H and O–H groups in total. The topological polar surface area (TPSA) is 41.9 Å². The molecular weight excluding hydrogens is 310 g/mol. The lowest BCUT2D eigenvalue weighted by molar-refractivity contribution is 0.220. The van der Waals surface area contributed by atoms with E-state index in [-0.39, 0.29) is 6.61 Å². The van der Waals surface area contributed by atoms with Crippen LogP contribution in [0.4, 0.5) is 0 Å². The summed E-state index contributed by atoms with van der Waals surface area (Å²) in [7, 11) is 3.28. The Morgan fingerprint density at radius 2 is 2.16 bits per heavy atom. The molecule has 0 aromatic heterocycles. The Morgan fingerprint density at radius 1 is 1.37 bits per heavy atom. The predicted octanol–water partition coefficient (Wildman–Crippen LogP) is 2.28. The Kier molecular flexibility index (Phi) is 5.07. The van der Waals surface area contributed by atoms with E-state index in [0.29, 0.717) is 5.92 Å². The first-order valence-corrected chi connectivity index (χ1v) is 7.21. The van der Waals surface area contributed by atoms with Crippen molar-refractivity contribution in [1.82, 2.24) is 4.90 Å². The molecule has 1 saturated heterocycles. The summed E-state index contributed by atoms with van der Waals surface area (Å²) in [6.07, 6.45) is 1.07. The second kappa shape index (κ2) is 6.59. The number of hydrogen-bond acceptors (Lipinski definition) is 4. The monoisotopic (exact) mass is 329 g/mol. The fourth-order valence-electron chi connectivity index (χ4n) is 2.50. The van der Waals surface area contributed by atoms with Gasteiger partial charge in [0.1, 0.15) is 0 Å². The van der Waals surface area contributed by atoms with Gasteiger partial charge < -0.3 is 14.6 Å². The molecule has 0 aliphatic carbocycles. The molecule has 5 heteroatoms. The van der Waals surface area contributed by atoms with Gasteiger partial charge in [0.25, 0.3) is 0 Å². The molecule has 1 heterocycles. The number of aliphatic hydroxyl groups excluding tert-OH is 1. The van der Waals surface area contributed by atoms with Crippen molar-refractivity contribution >= 4 is 15.9 Å². The fraction of sp³-hybridized carbons (Fsp3) is 0.571. The fourth-order valence-corrected chi connectivity index (χ4v) is 3.11. The zero-order valence-corrected chi connectivity index (χ0v) is 12.9. The number of rotatable bonds is 5. The van der Waals surface area contributed by atoms with Crippen LogP contribution in [0.1, 0.15) is 12.0 Å². The lowest BCUT2D eigenvalue weighted by atomic mass is 10.1. The van der Waals surface area contributed by atoms with Gasteiger partial charge in [0.2, 0.25) is 0 Å². The quantitative estimate of drug-likeness (QED) is 0.899. The lowest BCUT2D eigenvalue weighted by Crippen LogP contribution is -2.21. The number of nitrogens with zero attached hydrogens (tertiary/aromatic N) is 1. The third kappa shape index (κ3) is 3.22. The SMILES string of the molecule is COc1ccc(CN2CCC(CO)C2)c(Br)c1OC. The van der Waals surface area contributed by atoms with Gasteiger partial charge in [-0.3, -0.25) is 4.90 Å². The normalized spacial score (nSPS) is 19.7. The number of aliphatic hydroxyl groups is 1. The van der Waals surface area contributed by atoms with E-state index in [1.807, 2.05) is 6.07 Å². The van der Waals surface area contributed by atoms with Crippen molar-refractivity contribution < 1.29 is 14.6 Å². The molecule has 0 bridgehead atoms. The summed E-state index contributed by atoms with van der Waals surface area (Å²) in [5.41, 5.74) is 1.18.